The first kappa shape index (κ1) is 12.8. The Morgan fingerprint density at radius 2 is 1.95 bits per heavy atom. The molecule has 3 aromatic rings. The van der Waals surface area contributed by atoms with Crippen LogP contribution in [0.3, 0.4) is 0 Å². The molecule has 5 heteroatoms. The van der Waals surface area contributed by atoms with Crippen LogP contribution in [0.1, 0.15) is 5.56 Å². The van der Waals surface area contributed by atoms with Crippen molar-refractivity contribution in [3.8, 4) is 11.5 Å². The van der Waals surface area contributed by atoms with Crippen LogP contribution in [0.2, 0.25) is 10.0 Å². The second-order valence-corrected chi connectivity index (χ2v) is 5.20. The van der Waals surface area contributed by atoms with Gasteiger partial charge in [0, 0.05) is 16.5 Å². The van der Waals surface area contributed by atoms with Crippen LogP contribution in [-0.4, -0.2) is 4.98 Å². The van der Waals surface area contributed by atoms with Crippen LogP contribution in [-0.2, 0) is 5.88 Å². The largest absolute Gasteiger partial charge is 0.435 e. The summed E-state index contributed by atoms with van der Waals surface area (Å²) in [6, 6.07) is 11.1. The van der Waals surface area contributed by atoms with Gasteiger partial charge in [-0.15, -0.1) is 11.6 Å². The Hall–Kier alpha value is -1.22. The maximum atomic E-state index is 6.08. The number of hydrogen-bond acceptors (Lipinski definition) is 2. The zero-order valence-corrected chi connectivity index (χ0v) is 11.9. The molecule has 2 nitrogen and oxygen atoms in total. The fourth-order valence-corrected chi connectivity index (χ4v) is 2.56. The lowest BCUT2D eigenvalue weighted by atomic mass is 10.1. The summed E-state index contributed by atoms with van der Waals surface area (Å²) in [5.41, 5.74) is 3.05. The summed E-state index contributed by atoms with van der Waals surface area (Å²) >= 11 is 17.8. The van der Waals surface area contributed by atoms with E-state index in [0.717, 1.165) is 11.1 Å². The van der Waals surface area contributed by atoms with Crippen molar-refractivity contribution in [3.63, 3.8) is 0 Å². The predicted molar refractivity (Wildman–Crippen MR) is 79.0 cm³/mol. The molecule has 0 unspecified atom stereocenters. The van der Waals surface area contributed by atoms with Gasteiger partial charge in [-0.05, 0) is 29.8 Å². The first-order chi connectivity index (χ1) is 9.17. The van der Waals surface area contributed by atoms with E-state index in [-0.39, 0.29) is 0 Å². The molecule has 0 saturated heterocycles. The third-order valence-corrected chi connectivity index (χ3v) is 3.55. The van der Waals surface area contributed by atoms with Gasteiger partial charge in [0.25, 0.3) is 0 Å². The highest BCUT2D eigenvalue weighted by molar-refractivity contribution is 6.38. The monoisotopic (exact) mass is 311 g/mol. The molecule has 0 aliphatic heterocycles. The summed E-state index contributed by atoms with van der Waals surface area (Å²) in [4.78, 5) is 4.40. The fourth-order valence-electron chi connectivity index (χ4n) is 1.87. The summed E-state index contributed by atoms with van der Waals surface area (Å²) in [5, 5.41) is 0.988. The van der Waals surface area contributed by atoms with Gasteiger partial charge in [0.15, 0.2) is 5.58 Å². The molecule has 0 aliphatic carbocycles. The zero-order chi connectivity index (χ0) is 13.4. The van der Waals surface area contributed by atoms with Gasteiger partial charge in [0.2, 0.25) is 5.89 Å². The number of alkyl halides is 1. The van der Waals surface area contributed by atoms with E-state index in [1.165, 1.54) is 0 Å². The molecule has 0 saturated carbocycles. The third-order valence-electron chi connectivity index (χ3n) is 2.74. The molecule has 1 aromatic heterocycles. The third kappa shape index (κ3) is 2.44. The standard InChI is InChI=1S/C14H8Cl3NO/c15-7-8-2-1-3-9(4-8)14-18-12-6-10(16)5-11(17)13(12)19-14/h1-6H,7H2. The molecular formula is C14H8Cl3NO. The van der Waals surface area contributed by atoms with Gasteiger partial charge in [-0.25, -0.2) is 4.98 Å². The molecule has 0 bridgehead atoms. The number of rotatable bonds is 2. The van der Waals surface area contributed by atoms with Crippen LogP contribution >= 0.6 is 34.8 Å². The lowest BCUT2D eigenvalue weighted by Crippen LogP contribution is -1.81. The summed E-state index contributed by atoms with van der Waals surface area (Å²) in [5.74, 6) is 0.951. The van der Waals surface area contributed by atoms with Crippen LogP contribution in [0, 0.1) is 0 Å². The lowest BCUT2D eigenvalue weighted by molar-refractivity contribution is 0.620. The van der Waals surface area contributed by atoms with Crippen molar-refractivity contribution in [3.05, 3.63) is 52.0 Å². The smallest absolute Gasteiger partial charge is 0.227 e. The average molecular weight is 313 g/mol. The van der Waals surface area contributed by atoms with Gasteiger partial charge in [-0.2, -0.15) is 0 Å². The second kappa shape index (κ2) is 5.04. The van der Waals surface area contributed by atoms with Crippen molar-refractivity contribution >= 4 is 45.9 Å². The van der Waals surface area contributed by atoms with Crippen molar-refractivity contribution in [2.45, 2.75) is 5.88 Å². The summed E-state index contributed by atoms with van der Waals surface area (Å²) in [7, 11) is 0. The summed E-state index contributed by atoms with van der Waals surface area (Å²) in [6.07, 6.45) is 0. The molecule has 0 N–H and O–H groups in total. The Morgan fingerprint density at radius 3 is 2.74 bits per heavy atom. The minimum atomic E-state index is 0.445. The topological polar surface area (TPSA) is 26.0 Å². The number of benzene rings is 2. The molecule has 3 rings (SSSR count). The molecule has 2 aromatic carbocycles. The molecule has 19 heavy (non-hydrogen) atoms. The second-order valence-electron chi connectivity index (χ2n) is 4.09. The molecule has 0 atom stereocenters. The van der Waals surface area contributed by atoms with E-state index in [0.29, 0.717) is 32.9 Å². The van der Waals surface area contributed by atoms with Gasteiger partial charge < -0.3 is 4.42 Å². The molecule has 0 radical (unpaired) electrons. The molecule has 96 valence electrons. The normalized spacial score (nSPS) is 11.1. The van der Waals surface area contributed by atoms with Crippen LogP contribution in [0.25, 0.3) is 22.6 Å². The summed E-state index contributed by atoms with van der Waals surface area (Å²) in [6.45, 7) is 0. The van der Waals surface area contributed by atoms with Gasteiger partial charge in [-0.3, -0.25) is 0 Å². The van der Waals surface area contributed by atoms with E-state index in [9.17, 15) is 0 Å². The van der Waals surface area contributed by atoms with Gasteiger partial charge in [0.05, 0.1) is 5.02 Å². The Kier molecular flexibility index (Phi) is 3.40. The van der Waals surface area contributed by atoms with Crippen LogP contribution in [0.4, 0.5) is 0 Å². The minimum Gasteiger partial charge on any atom is -0.435 e. The van der Waals surface area contributed by atoms with Crippen molar-refractivity contribution in [2.75, 3.05) is 0 Å². The van der Waals surface area contributed by atoms with Gasteiger partial charge in [-0.1, -0.05) is 35.3 Å². The number of halogens is 3. The van der Waals surface area contributed by atoms with Crippen molar-refractivity contribution in [1.82, 2.24) is 4.98 Å². The first-order valence-electron chi connectivity index (χ1n) is 5.58. The summed E-state index contributed by atoms with van der Waals surface area (Å²) < 4.78 is 5.69. The highest BCUT2D eigenvalue weighted by atomic mass is 35.5. The van der Waals surface area contributed by atoms with Crippen molar-refractivity contribution in [1.29, 1.82) is 0 Å². The van der Waals surface area contributed by atoms with Crippen molar-refractivity contribution < 1.29 is 4.42 Å². The number of oxazole rings is 1. The van der Waals surface area contributed by atoms with E-state index in [2.05, 4.69) is 4.98 Å². The van der Waals surface area contributed by atoms with Crippen LogP contribution in [0.5, 0.6) is 0 Å². The predicted octanol–water partition coefficient (Wildman–Crippen LogP) is 5.54. The highest BCUT2D eigenvalue weighted by Crippen LogP contribution is 2.32. The SMILES string of the molecule is ClCc1cccc(-c2nc3cc(Cl)cc(Cl)c3o2)c1. The van der Waals surface area contributed by atoms with Gasteiger partial charge in [0.1, 0.15) is 5.52 Å². The molecular weight excluding hydrogens is 305 g/mol. The Labute approximate surface area is 124 Å². The van der Waals surface area contributed by atoms with Gasteiger partial charge >= 0.3 is 0 Å². The van der Waals surface area contributed by atoms with E-state index >= 15 is 0 Å². The molecule has 0 fully saturated rings. The molecule has 0 spiro atoms. The first-order valence-corrected chi connectivity index (χ1v) is 6.87. The number of fused-ring (bicyclic) bond motifs is 1. The number of aromatic nitrogens is 1. The van der Waals surface area contributed by atoms with E-state index in [1.807, 2.05) is 24.3 Å². The van der Waals surface area contributed by atoms with E-state index in [4.69, 9.17) is 39.2 Å². The van der Waals surface area contributed by atoms with E-state index < -0.39 is 0 Å². The maximum Gasteiger partial charge on any atom is 0.227 e. The Balaban J connectivity index is 2.17. The number of nitrogens with zero attached hydrogens (tertiary/aromatic N) is 1. The van der Waals surface area contributed by atoms with E-state index in [1.54, 1.807) is 12.1 Å². The highest BCUT2D eigenvalue weighted by Gasteiger charge is 2.12. The molecule has 0 aliphatic rings. The lowest BCUT2D eigenvalue weighted by Gasteiger charge is -1.98. The Morgan fingerprint density at radius 1 is 1.11 bits per heavy atom. The quantitative estimate of drug-likeness (QED) is 0.581. The fraction of sp³-hybridized carbons (Fsp3) is 0.0714. The number of hydrogen-bond donors (Lipinski definition) is 0. The van der Waals surface area contributed by atoms with Crippen LogP contribution in [0.15, 0.2) is 40.8 Å². The van der Waals surface area contributed by atoms with Crippen molar-refractivity contribution in [2.24, 2.45) is 0 Å². The zero-order valence-electron chi connectivity index (χ0n) is 9.66. The van der Waals surface area contributed by atoms with Crippen LogP contribution < -0.4 is 0 Å². The minimum absolute atomic E-state index is 0.445. The average Bonchev–Trinajstić information content (AvgIpc) is 2.83. The molecule has 0 amide bonds. The molecule has 1 heterocycles. The Bertz CT molecular complexity index is 752. The maximum absolute atomic E-state index is 6.08.